The Morgan fingerprint density at radius 3 is 2.59 bits per heavy atom. The molecule has 0 aliphatic rings. The molecule has 0 heterocycles. The van der Waals surface area contributed by atoms with Crippen LogP contribution in [0.15, 0.2) is 48.5 Å². The lowest BCUT2D eigenvalue weighted by molar-refractivity contribution is -0.138. The zero-order valence-electron chi connectivity index (χ0n) is 15.9. The van der Waals surface area contributed by atoms with E-state index in [0.29, 0.717) is 17.3 Å². The summed E-state index contributed by atoms with van der Waals surface area (Å²) in [6.45, 7) is 4.16. The lowest BCUT2D eigenvalue weighted by Gasteiger charge is -2.28. The SMILES string of the molecule is CNC(=O)C(C)N(Cc1cccc(Cl)c1)C(=O)CSCc1ccccc1C. The molecule has 2 aromatic rings. The molecule has 0 aliphatic heterocycles. The maximum Gasteiger partial charge on any atom is 0.242 e. The van der Waals surface area contributed by atoms with E-state index < -0.39 is 6.04 Å². The second kappa shape index (κ2) is 10.4. The number of thioether (sulfide) groups is 1. The minimum atomic E-state index is -0.555. The molecule has 1 N–H and O–H groups in total. The molecule has 0 bridgehead atoms. The van der Waals surface area contributed by atoms with Crippen LogP contribution in [-0.2, 0) is 21.9 Å². The van der Waals surface area contributed by atoms with Gasteiger partial charge >= 0.3 is 0 Å². The van der Waals surface area contributed by atoms with Crippen molar-refractivity contribution in [1.82, 2.24) is 10.2 Å². The summed E-state index contributed by atoms with van der Waals surface area (Å²) in [5.41, 5.74) is 3.33. The van der Waals surface area contributed by atoms with Gasteiger partial charge in [0.15, 0.2) is 0 Å². The van der Waals surface area contributed by atoms with Crippen molar-refractivity contribution in [2.75, 3.05) is 12.8 Å². The molecule has 0 saturated heterocycles. The van der Waals surface area contributed by atoms with Crippen molar-refractivity contribution in [3.05, 3.63) is 70.2 Å². The highest BCUT2D eigenvalue weighted by atomic mass is 35.5. The molecule has 0 aliphatic carbocycles. The van der Waals surface area contributed by atoms with Crippen molar-refractivity contribution in [2.24, 2.45) is 0 Å². The largest absolute Gasteiger partial charge is 0.357 e. The van der Waals surface area contributed by atoms with Crippen molar-refractivity contribution >= 4 is 35.2 Å². The predicted octanol–water partition coefficient (Wildman–Crippen LogP) is 4.04. The Bertz CT molecular complexity index is 797. The summed E-state index contributed by atoms with van der Waals surface area (Å²) in [4.78, 5) is 26.6. The molecule has 0 radical (unpaired) electrons. The topological polar surface area (TPSA) is 49.4 Å². The highest BCUT2D eigenvalue weighted by Gasteiger charge is 2.25. The molecule has 0 aromatic heterocycles. The van der Waals surface area contributed by atoms with Crippen LogP contribution in [0.2, 0.25) is 5.02 Å². The molecule has 4 nitrogen and oxygen atoms in total. The number of halogens is 1. The van der Waals surface area contributed by atoms with Gasteiger partial charge in [0.2, 0.25) is 11.8 Å². The first-order valence-corrected chi connectivity index (χ1v) is 10.3. The van der Waals surface area contributed by atoms with Gasteiger partial charge in [0.1, 0.15) is 6.04 Å². The van der Waals surface area contributed by atoms with E-state index in [4.69, 9.17) is 11.6 Å². The number of likely N-dealkylation sites (N-methyl/N-ethyl adjacent to an activating group) is 1. The maximum atomic E-state index is 12.9. The predicted molar refractivity (Wildman–Crippen MR) is 113 cm³/mol. The zero-order valence-corrected chi connectivity index (χ0v) is 17.4. The van der Waals surface area contributed by atoms with Crippen LogP contribution < -0.4 is 5.32 Å². The van der Waals surface area contributed by atoms with Crippen LogP contribution in [0.3, 0.4) is 0 Å². The van der Waals surface area contributed by atoms with Crippen LogP contribution in [0, 0.1) is 6.92 Å². The Morgan fingerprint density at radius 2 is 1.93 bits per heavy atom. The number of nitrogens with one attached hydrogen (secondary N) is 1. The van der Waals surface area contributed by atoms with E-state index in [1.54, 1.807) is 36.7 Å². The average molecular weight is 405 g/mol. The summed E-state index contributed by atoms with van der Waals surface area (Å²) in [6, 6.07) is 15.0. The molecule has 0 spiro atoms. The van der Waals surface area contributed by atoms with Crippen molar-refractivity contribution < 1.29 is 9.59 Å². The number of hydrogen-bond donors (Lipinski definition) is 1. The Hall–Kier alpha value is -1.98. The standard InChI is InChI=1S/C21H25ClN2O2S/c1-15-7-4-5-9-18(15)13-27-14-20(25)24(16(2)21(26)23-3)12-17-8-6-10-19(22)11-17/h4-11,16H,12-14H2,1-3H3,(H,23,26). The molecule has 0 saturated carbocycles. The molecule has 2 aromatic carbocycles. The third-order valence-corrected chi connectivity index (χ3v) is 5.60. The molecular weight excluding hydrogens is 380 g/mol. The molecule has 0 fully saturated rings. The van der Waals surface area contributed by atoms with Gasteiger partial charge < -0.3 is 10.2 Å². The number of carbonyl (C=O) groups is 2. The van der Waals surface area contributed by atoms with E-state index in [1.807, 2.05) is 30.3 Å². The van der Waals surface area contributed by atoms with Gasteiger partial charge in [-0.1, -0.05) is 48.0 Å². The summed E-state index contributed by atoms with van der Waals surface area (Å²) < 4.78 is 0. The molecule has 2 rings (SSSR count). The Kier molecular flexibility index (Phi) is 8.20. The smallest absolute Gasteiger partial charge is 0.242 e. The Balaban J connectivity index is 2.06. The minimum absolute atomic E-state index is 0.0651. The fourth-order valence-corrected chi connectivity index (χ4v) is 3.93. The van der Waals surface area contributed by atoms with Gasteiger partial charge in [0.25, 0.3) is 0 Å². The normalized spacial score (nSPS) is 11.7. The first-order valence-electron chi connectivity index (χ1n) is 8.80. The van der Waals surface area contributed by atoms with Crippen molar-refractivity contribution in [2.45, 2.75) is 32.2 Å². The van der Waals surface area contributed by atoms with Gasteiger partial charge in [0, 0.05) is 24.4 Å². The third-order valence-electron chi connectivity index (χ3n) is 4.40. The molecule has 1 atom stereocenters. The minimum Gasteiger partial charge on any atom is -0.357 e. The molecule has 1 unspecified atom stereocenters. The number of aryl methyl sites for hydroxylation is 1. The molecule has 2 amide bonds. The first kappa shape index (κ1) is 21.3. The van der Waals surface area contributed by atoms with Gasteiger partial charge in [-0.25, -0.2) is 0 Å². The van der Waals surface area contributed by atoms with Gasteiger partial charge in [-0.3, -0.25) is 9.59 Å². The first-order chi connectivity index (χ1) is 12.9. The van der Waals surface area contributed by atoms with Crippen molar-refractivity contribution in [3.63, 3.8) is 0 Å². The number of benzene rings is 2. The summed E-state index contributed by atoms with van der Waals surface area (Å²) in [6.07, 6.45) is 0. The summed E-state index contributed by atoms with van der Waals surface area (Å²) in [5, 5.41) is 3.23. The van der Waals surface area contributed by atoms with Crippen LogP contribution in [0.25, 0.3) is 0 Å². The molecule has 6 heteroatoms. The van der Waals surface area contributed by atoms with Gasteiger partial charge in [0.05, 0.1) is 5.75 Å². The van der Waals surface area contributed by atoms with Gasteiger partial charge in [-0.15, -0.1) is 11.8 Å². The van der Waals surface area contributed by atoms with E-state index in [-0.39, 0.29) is 11.8 Å². The maximum absolute atomic E-state index is 12.9. The van der Waals surface area contributed by atoms with Gasteiger partial charge in [-0.2, -0.15) is 0 Å². The quantitative estimate of drug-likeness (QED) is 0.722. The highest BCUT2D eigenvalue weighted by Crippen LogP contribution is 2.19. The van der Waals surface area contributed by atoms with E-state index in [2.05, 4.69) is 24.4 Å². The molecule has 27 heavy (non-hydrogen) atoms. The molecular formula is C21H25ClN2O2S. The summed E-state index contributed by atoms with van der Waals surface area (Å²) in [5.74, 6) is 0.826. The molecule has 144 valence electrons. The monoisotopic (exact) mass is 404 g/mol. The fourth-order valence-electron chi connectivity index (χ4n) is 2.73. The van der Waals surface area contributed by atoms with Crippen molar-refractivity contribution in [3.8, 4) is 0 Å². The van der Waals surface area contributed by atoms with Crippen LogP contribution in [0.4, 0.5) is 0 Å². The van der Waals surface area contributed by atoms with Gasteiger partial charge in [-0.05, 0) is 42.7 Å². The van der Waals surface area contributed by atoms with Crippen LogP contribution in [-0.4, -0.2) is 35.6 Å². The van der Waals surface area contributed by atoms with E-state index in [9.17, 15) is 9.59 Å². The zero-order chi connectivity index (χ0) is 19.8. The second-order valence-corrected chi connectivity index (χ2v) is 7.78. The number of carbonyl (C=O) groups excluding carboxylic acids is 2. The highest BCUT2D eigenvalue weighted by molar-refractivity contribution is 7.99. The average Bonchev–Trinajstić information content (AvgIpc) is 2.66. The number of amides is 2. The van der Waals surface area contributed by atoms with E-state index in [1.165, 1.54) is 11.1 Å². The van der Waals surface area contributed by atoms with Crippen LogP contribution >= 0.6 is 23.4 Å². The summed E-state index contributed by atoms with van der Waals surface area (Å²) in [7, 11) is 1.58. The lowest BCUT2D eigenvalue weighted by atomic mass is 10.1. The number of rotatable bonds is 8. The number of hydrogen-bond acceptors (Lipinski definition) is 3. The Morgan fingerprint density at radius 1 is 1.19 bits per heavy atom. The third kappa shape index (κ3) is 6.29. The van der Waals surface area contributed by atoms with Crippen LogP contribution in [0.1, 0.15) is 23.6 Å². The van der Waals surface area contributed by atoms with E-state index >= 15 is 0 Å². The van der Waals surface area contributed by atoms with E-state index in [0.717, 1.165) is 11.3 Å². The lowest BCUT2D eigenvalue weighted by Crippen LogP contribution is -2.47. The van der Waals surface area contributed by atoms with Crippen LogP contribution in [0.5, 0.6) is 0 Å². The number of nitrogens with zero attached hydrogens (tertiary/aromatic N) is 1. The summed E-state index contributed by atoms with van der Waals surface area (Å²) >= 11 is 7.62. The Labute approximate surface area is 170 Å². The van der Waals surface area contributed by atoms with Crippen molar-refractivity contribution in [1.29, 1.82) is 0 Å². The fraction of sp³-hybridized carbons (Fsp3) is 0.333. The second-order valence-electron chi connectivity index (χ2n) is 6.36.